The van der Waals surface area contributed by atoms with Gasteiger partial charge in [0.05, 0.1) is 20.1 Å². The third kappa shape index (κ3) is 3.10. The monoisotopic (exact) mass is 240 g/mol. The van der Waals surface area contributed by atoms with E-state index in [0.717, 1.165) is 0 Å². The maximum atomic E-state index is 11.1. The summed E-state index contributed by atoms with van der Waals surface area (Å²) in [6.45, 7) is -0.175. The largest absolute Gasteiger partial charge is 0.493 e. The number of benzene rings is 1. The zero-order valence-electron chi connectivity index (χ0n) is 9.84. The molecule has 0 amide bonds. The van der Waals surface area contributed by atoms with Gasteiger partial charge in [0, 0.05) is 6.61 Å². The predicted octanol–water partition coefficient (Wildman–Crippen LogP) is 1.25. The third-order valence-corrected chi connectivity index (χ3v) is 2.53. The molecule has 0 aliphatic carbocycles. The van der Waals surface area contributed by atoms with Crippen molar-refractivity contribution in [3.8, 4) is 11.5 Å². The molecule has 5 heteroatoms. The van der Waals surface area contributed by atoms with Gasteiger partial charge in [0.15, 0.2) is 11.5 Å². The van der Waals surface area contributed by atoms with Crippen LogP contribution >= 0.6 is 0 Å². The number of carboxylic acid groups (broad SMARTS) is 1. The normalized spacial score (nSPS) is 11.9. The van der Waals surface area contributed by atoms with Crippen LogP contribution in [0.3, 0.4) is 0 Å². The molecule has 0 saturated heterocycles. The molecule has 1 aromatic carbocycles. The quantitative estimate of drug-likeness (QED) is 0.782. The molecule has 17 heavy (non-hydrogen) atoms. The van der Waals surface area contributed by atoms with Gasteiger partial charge in [0.1, 0.15) is 0 Å². The van der Waals surface area contributed by atoms with Gasteiger partial charge in [-0.15, -0.1) is 0 Å². The summed E-state index contributed by atoms with van der Waals surface area (Å²) in [6.07, 6.45) is 0.171. The summed E-state index contributed by atoms with van der Waals surface area (Å²) in [7, 11) is 3.00. The van der Waals surface area contributed by atoms with Crippen molar-refractivity contribution in [3.63, 3.8) is 0 Å². The number of aliphatic hydroxyl groups is 1. The lowest BCUT2D eigenvalue weighted by molar-refractivity contribution is -0.139. The van der Waals surface area contributed by atoms with Gasteiger partial charge in [-0.1, -0.05) is 6.07 Å². The van der Waals surface area contributed by atoms with Gasteiger partial charge in [-0.3, -0.25) is 4.79 Å². The highest BCUT2D eigenvalue weighted by Gasteiger charge is 2.20. The van der Waals surface area contributed by atoms with Gasteiger partial charge < -0.3 is 19.7 Å². The van der Waals surface area contributed by atoms with E-state index in [1.807, 2.05) is 0 Å². The van der Waals surface area contributed by atoms with E-state index in [4.69, 9.17) is 19.7 Å². The second-order valence-corrected chi connectivity index (χ2v) is 3.52. The number of carboxylic acids is 1. The Labute approximate surface area is 99.6 Å². The second-order valence-electron chi connectivity index (χ2n) is 3.52. The van der Waals surface area contributed by atoms with E-state index in [-0.39, 0.29) is 13.0 Å². The zero-order chi connectivity index (χ0) is 12.8. The van der Waals surface area contributed by atoms with Crippen LogP contribution in [0, 0.1) is 0 Å². The number of aliphatic hydroxyl groups excluding tert-OH is 1. The van der Waals surface area contributed by atoms with Crippen LogP contribution in [-0.4, -0.2) is 37.0 Å². The van der Waals surface area contributed by atoms with Crippen molar-refractivity contribution < 1.29 is 24.5 Å². The van der Waals surface area contributed by atoms with Crippen LogP contribution in [0.5, 0.6) is 11.5 Å². The minimum absolute atomic E-state index is 0.171. The van der Waals surface area contributed by atoms with Crippen molar-refractivity contribution in [2.75, 3.05) is 20.8 Å². The first-order valence-corrected chi connectivity index (χ1v) is 5.19. The molecule has 1 unspecified atom stereocenters. The molecule has 0 bridgehead atoms. The summed E-state index contributed by atoms with van der Waals surface area (Å²) < 4.78 is 10.2. The highest BCUT2D eigenvalue weighted by molar-refractivity contribution is 5.76. The number of ether oxygens (including phenoxy) is 2. The Hall–Kier alpha value is -1.75. The number of hydrogen-bond donors (Lipinski definition) is 2. The van der Waals surface area contributed by atoms with Crippen LogP contribution in [0.1, 0.15) is 17.9 Å². The Balaban J connectivity index is 3.08. The highest BCUT2D eigenvalue weighted by atomic mass is 16.5. The zero-order valence-corrected chi connectivity index (χ0v) is 9.84. The van der Waals surface area contributed by atoms with Crippen LogP contribution in [0.2, 0.25) is 0 Å². The Morgan fingerprint density at radius 1 is 1.29 bits per heavy atom. The molecule has 94 valence electrons. The van der Waals surface area contributed by atoms with Crippen molar-refractivity contribution in [2.24, 2.45) is 0 Å². The van der Waals surface area contributed by atoms with E-state index in [9.17, 15) is 4.79 Å². The SMILES string of the molecule is COc1ccc(C(CCO)C(=O)O)cc1OC. The summed E-state index contributed by atoms with van der Waals surface area (Å²) in [6, 6.07) is 4.94. The van der Waals surface area contributed by atoms with Crippen LogP contribution in [0.15, 0.2) is 18.2 Å². The minimum atomic E-state index is -0.966. The van der Waals surface area contributed by atoms with Gasteiger partial charge in [-0.25, -0.2) is 0 Å². The molecule has 0 saturated carbocycles. The summed E-state index contributed by atoms with van der Waals surface area (Å²) in [5.41, 5.74) is 0.587. The smallest absolute Gasteiger partial charge is 0.311 e. The molecule has 1 rings (SSSR count). The van der Waals surface area contributed by atoms with Crippen LogP contribution in [0.4, 0.5) is 0 Å². The van der Waals surface area contributed by atoms with Crippen molar-refractivity contribution in [1.82, 2.24) is 0 Å². The van der Waals surface area contributed by atoms with Gasteiger partial charge in [-0.2, -0.15) is 0 Å². The maximum Gasteiger partial charge on any atom is 0.311 e. The van der Waals surface area contributed by atoms with E-state index in [1.54, 1.807) is 18.2 Å². The van der Waals surface area contributed by atoms with Crippen molar-refractivity contribution in [2.45, 2.75) is 12.3 Å². The maximum absolute atomic E-state index is 11.1. The fourth-order valence-electron chi connectivity index (χ4n) is 1.63. The minimum Gasteiger partial charge on any atom is -0.493 e. The average Bonchev–Trinajstić information content (AvgIpc) is 2.34. The lowest BCUT2D eigenvalue weighted by atomic mass is 9.96. The molecule has 1 aromatic rings. The van der Waals surface area contributed by atoms with Crippen molar-refractivity contribution >= 4 is 5.97 Å². The lowest BCUT2D eigenvalue weighted by Crippen LogP contribution is -2.13. The molecule has 0 fully saturated rings. The van der Waals surface area contributed by atoms with E-state index in [0.29, 0.717) is 17.1 Å². The predicted molar refractivity (Wildman–Crippen MR) is 61.6 cm³/mol. The molecule has 0 aromatic heterocycles. The highest BCUT2D eigenvalue weighted by Crippen LogP contribution is 2.31. The number of carbonyl (C=O) groups is 1. The van der Waals surface area contributed by atoms with E-state index >= 15 is 0 Å². The molecule has 0 heterocycles. The first kappa shape index (κ1) is 13.3. The summed E-state index contributed by atoms with van der Waals surface area (Å²) in [5, 5.41) is 17.9. The van der Waals surface area contributed by atoms with E-state index in [2.05, 4.69) is 0 Å². The first-order chi connectivity index (χ1) is 8.13. The van der Waals surface area contributed by atoms with Gasteiger partial charge in [0.25, 0.3) is 0 Å². The molecule has 0 spiro atoms. The van der Waals surface area contributed by atoms with E-state index in [1.165, 1.54) is 14.2 Å². The van der Waals surface area contributed by atoms with Crippen molar-refractivity contribution in [3.05, 3.63) is 23.8 Å². The molecule has 1 atom stereocenters. The van der Waals surface area contributed by atoms with E-state index < -0.39 is 11.9 Å². The summed E-state index contributed by atoms with van der Waals surface area (Å²) in [5.74, 6) is -0.676. The fourth-order valence-corrected chi connectivity index (χ4v) is 1.63. The number of rotatable bonds is 6. The van der Waals surface area contributed by atoms with Gasteiger partial charge in [0.2, 0.25) is 0 Å². The number of hydrogen-bond acceptors (Lipinski definition) is 4. The fraction of sp³-hybridized carbons (Fsp3) is 0.417. The Morgan fingerprint density at radius 3 is 2.41 bits per heavy atom. The summed E-state index contributed by atoms with van der Waals surface area (Å²) in [4.78, 5) is 11.1. The Kier molecular flexibility index (Phi) is 4.78. The lowest BCUT2D eigenvalue weighted by Gasteiger charge is -2.14. The number of aliphatic carboxylic acids is 1. The van der Waals surface area contributed by atoms with Crippen LogP contribution in [0.25, 0.3) is 0 Å². The van der Waals surface area contributed by atoms with Gasteiger partial charge >= 0.3 is 5.97 Å². The molecule has 5 nitrogen and oxygen atoms in total. The molecule has 0 aliphatic rings. The second kappa shape index (κ2) is 6.10. The Bertz CT molecular complexity index is 388. The Morgan fingerprint density at radius 2 is 1.94 bits per heavy atom. The van der Waals surface area contributed by atoms with Gasteiger partial charge in [-0.05, 0) is 24.1 Å². The molecular formula is C12H16O5. The van der Waals surface area contributed by atoms with Crippen LogP contribution in [-0.2, 0) is 4.79 Å². The first-order valence-electron chi connectivity index (χ1n) is 5.19. The molecule has 2 N–H and O–H groups in total. The average molecular weight is 240 g/mol. The third-order valence-electron chi connectivity index (χ3n) is 2.53. The number of methoxy groups -OCH3 is 2. The topological polar surface area (TPSA) is 76.0 Å². The molecule has 0 radical (unpaired) electrons. The summed E-state index contributed by atoms with van der Waals surface area (Å²) >= 11 is 0. The molecular weight excluding hydrogens is 224 g/mol. The molecule has 0 aliphatic heterocycles. The van der Waals surface area contributed by atoms with Crippen LogP contribution < -0.4 is 9.47 Å². The van der Waals surface area contributed by atoms with Crippen molar-refractivity contribution in [1.29, 1.82) is 0 Å². The standard InChI is InChI=1S/C12H16O5/c1-16-10-4-3-8(7-11(10)17-2)9(5-6-13)12(14)15/h3-4,7,9,13H,5-6H2,1-2H3,(H,14,15).